The maximum atomic E-state index is 13.9. The molecule has 0 bridgehead atoms. The molecule has 9 heteroatoms. The summed E-state index contributed by atoms with van der Waals surface area (Å²) in [6, 6.07) is 20.9. The van der Waals surface area contributed by atoms with Crippen LogP contribution >= 0.6 is 11.6 Å². The highest BCUT2D eigenvalue weighted by Gasteiger charge is 2.33. The van der Waals surface area contributed by atoms with Crippen molar-refractivity contribution >= 4 is 39.1 Å². The van der Waals surface area contributed by atoms with E-state index >= 15 is 0 Å². The molecule has 0 spiro atoms. The Morgan fingerprint density at radius 2 is 1.59 bits per heavy atom. The molecule has 1 atom stereocenters. The van der Waals surface area contributed by atoms with Gasteiger partial charge in [-0.2, -0.15) is 0 Å². The molecule has 37 heavy (non-hydrogen) atoms. The lowest BCUT2D eigenvalue weighted by Crippen LogP contribution is -2.53. The molecule has 196 valence electrons. The fourth-order valence-electron chi connectivity index (χ4n) is 4.13. The van der Waals surface area contributed by atoms with Crippen molar-refractivity contribution in [3.05, 3.63) is 100 Å². The smallest absolute Gasteiger partial charge is 0.244 e. The van der Waals surface area contributed by atoms with Gasteiger partial charge in [-0.1, -0.05) is 72.3 Å². The molecule has 0 fully saturated rings. The number of nitrogens with zero attached hydrogens (tertiary/aromatic N) is 2. The molecule has 7 nitrogen and oxygen atoms in total. The average molecular weight is 542 g/mol. The molecule has 3 rings (SSSR count). The minimum atomic E-state index is -3.82. The van der Waals surface area contributed by atoms with Gasteiger partial charge >= 0.3 is 0 Å². The second-order valence-corrected chi connectivity index (χ2v) is 11.2. The largest absolute Gasteiger partial charge is 0.357 e. The van der Waals surface area contributed by atoms with Gasteiger partial charge in [-0.25, -0.2) is 8.42 Å². The number of hydrogen-bond donors (Lipinski definition) is 1. The first-order valence-electron chi connectivity index (χ1n) is 11.8. The number of rotatable bonds is 10. The number of aryl methyl sites for hydroxylation is 1. The zero-order valence-corrected chi connectivity index (χ0v) is 23.0. The molecule has 3 aromatic rings. The molecule has 3 aromatic carbocycles. The third-order valence-corrected chi connectivity index (χ3v) is 7.84. The van der Waals surface area contributed by atoms with Gasteiger partial charge in [0.2, 0.25) is 21.8 Å². The van der Waals surface area contributed by atoms with E-state index in [1.165, 1.54) is 11.9 Å². The fraction of sp³-hybridized carbons (Fsp3) is 0.286. The van der Waals surface area contributed by atoms with Crippen LogP contribution in [-0.2, 0) is 32.6 Å². The van der Waals surface area contributed by atoms with Crippen molar-refractivity contribution in [2.75, 3.05) is 24.2 Å². The second-order valence-electron chi connectivity index (χ2n) is 8.92. The fourth-order valence-corrected chi connectivity index (χ4v) is 5.23. The topological polar surface area (TPSA) is 86.8 Å². The molecule has 0 saturated heterocycles. The van der Waals surface area contributed by atoms with Crippen molar-refractivity contribution < 1.29 is 18.0 Å². The van der Waals surface area contributed by atoms with E-state index < -0.39 is 28.5 Å². The maximum absolute atomic E-state index is 13.9. The standard InChI is InChI=1S/C28H32ClN3O4S/c1-20-11-10-16-25(21(20)2)32(37(4,35)36)19-27(33)31(18-23-14-8-9-15-24(23)29)26(28(34)30-3)17-22-12-6-5-7-13-22/h5-16,26H,17-19H2,1-4H3,(H,30,34). The summed E-state index contributed by atoms with van der Waals surface area (Å²) < 4.78 is 26.8. The van der Waals surface area contributed by atoms with Crippen LogP contribution in [0.3, 0.4) is 0 Å². The zero-order valence-electron chi connectivity index (χ0n) is 21.4. The molecule has 0 heterocycles. The van der Waals surface area contributed by atoms with Crippen molar-refractivity contribution in [3.8, 4) is 0 Å². The van der Waals surface area contributed by atoms with Crippen LogP contribution in [0.2, 0.25) is 5.02 Å². The lowest BCUT2D eigenvalue weighted by molar-refractivity contribution is -0.139. The number of benzene rings is 3. The van der Waals surface area contributed by atoms with Gasteiger partial charge in [0.15, 0.2) is 0 Å². The normalized spacial score (nSPS) is 12.0. The third kappa shape index (κ3) is 7.11. The van der Waals surface area contributed by atoms with Gasteiger partial charge < -0.3 is 10.2 Å². The summed E-state index contributed by atoms with van der Waals surface area (Å²) >= 11 is 6.42. The molecule has 0 aliphatic rings. The number of anilines is 1. The van der Waals surface area contributed by atoms with Crippen molar-refractivity contribution in [1.82, 2.24) is 10.2 Å². The summed E-state index contributed by atoms with van der Waals surface area (Å²) in [6.45, 7) is 3.27. The lowest BCUT2D eigenvalue weighted by atomic mass is 10.0. The summed E-state index contributed by atoms with van der Waals surface area (Å²) in [5.41, 5.74) is 3.59. The highest BCUT2D eigenvalue weighted by Crippen LogP contribution is 2.26. The van der Waals surface area contributed by atoms with E-state index in [0.717, 1.165) is 27.3 Å². The molecule has 1 unspecified atom stereocenters. The van der Waals surface area contributed by atoms with Gasteiger partial charge in [-0.05, 0) is 48.2 Å². The van der Waals surface area contributed by atoms with Gasteiger partial charge in [0.05, 0.1) is 11.9 Å². The van der Waals surface area contributed by atoms with Crippen molar-refractivity contribution in [2.24, 2.45) is 0 Å². The summed E-state index contributed by atoms with van der Waals surface area (Å²) in [7, 11) is -2.31. The van der Waals surface area contributed by atoms with Crippen LogP contribution in [0.15, 0.2) is 72.8 Å². The number of sulfonamides is 1. The monoisotopic (exact) mass is 541 g/mol. The van der Waals surface area contributed by atoms with Crippen LogP contribution in [0.4, 0.5) is 5.69 Å². The summed E-state index contributed by atoms with van der Waals surface area (Å²) in [6.07, 6.45) is 1.32. The van der Waals surface area contributed by atoms with E-state index in [0.29, 0.717) is 16.3 Å². The highest BCUT2D eigenvalue weighted by atomic mass is 35.5. The highest BCUT2D eigenvalue weighted by molar-refractivity contribution is 7.92. The van der Waals surface area contributed by atoms with E-state index in [9.17, 15) is 18.0 Å². The SMILES string of the molecule is CNC(=O)C(Cc1ccccc1)N(Cc1ccccc1Cl)C(=O)CN(c1cccc(C)c1C)S(C)(=O)=O. The molecular formula is C28H32ClN3O4S. The molecule has 1 N–H and O–H groups in total. The van der Waals surface area contributed by atoms with Crippen LogP contribution in [0.5, 0.6) is 0 Å². The van der Waals surface area contributed by atoms with E-state index in [1.807, 2.05) is 50.2 Å². The first kappa shape index (κ1) is 28.2. The molecular weight excluding hydrogens is 510 g/mol. The lowest BCUT2D eigenvalue weighted by Gasteiger charge is -2.33. The quantitative estimate of drug-likeness (QED) is 0.418. The number of amides is 2. The molecule has 2 amide bonds. The van der Waals surface area contributed by atoms with Crippen LogP contribution in [-0.4, -0.2) is 51.0 Å². The number of carbonyl (C=O) groups excluding carboxylic acids is 2. The van der Waals surface area contributed by atoms with E-state index in [4.69, 9.17) is 11.6 Å². The van der Waals surface area contributed by atoms with E-state index in [-0.39, 0.29) is 18.9 Å². The first-order chi connectivity index (χ1) is 17.5. The minimum Gasteiger partial charge on any atom is -0.357 e. The Morgan fingerprint density at radius 3 is 2.22 bits per heavy atom. The van der Waals surface area contributed by atoms with Gasteiger partial charge in [0, 0.05) is 25.0 Å². The van der Waals surface area contributed by atoms with Crippen LogP contribution in [0, 0.1) is 13.8 Å². The van der Waals surface area contributed by atoms with Crippen molar-refractivity contribution in [3.63, 3.8) is 0 Å². The van der Waals surface area contributed by atoms with Crippen LogP contribution < -0.4 is 9.62 Å². The van der Waals surface area contributed by atoms with Gasteiger partial charge in [-0.15, -0.1) is 0 Å². The Kier molecular flexibility index (Phi) is 9.34. The average Bonchev–Trinajstić information content (AvgIpc) is 2.87. The summed E-state index contributed by atoms with van der Waals surface area (Å²) in [5.74, 6) is -0.877. The summed E-state index contributed by atoms with van der Waals surface area (Å²) in [5, 5.41) is 3.10. The van der Waals surface area contributed by atoms with Gasteiger partial charge in [-0.3, -0.25) is 13.9 Å². The van der Waals surface area contributed by atoms with Crippen molar-refractivity contribution in [2.45, 2.75) is 32.9 Å². The van der Waals surface area contributed by atoms with Crippen LogP contribution in [0.25, 0.3) is 0 Å². The number of carbonyl (C=O) groups is 2. The Morgan fingerprint density at radius 1 is 0.946 bits per heavy atom. The first-order valence-corrected chi connectivity index (χ1v) is 14.1. The predicted molar refractivity (Wildman–Crippen MR) is 148 cm³/mol. The molecule has 0 radical (unpaired) electrons. The second kappa shape index (κ2) is 12.3. The number of nitrogens with one attached hydrogen (secondary N) is 1. The maximum Gasteiger partial charge on any atom is 0.244 e. The predicted octanol–water partition coefficient (Wildman–Crippen LogP) is 4.11. The molecule has 0 aliphatic carbocycles. The molecule has 0 aliphatic heterocycles. The number of hydrogen-bond acceptors (Lipinski definition) is 4. The Labute approximate surface area is 224 Å². The number of likely N-dealkylation sites (N-methyl/N-ethyl adjacent to an activating group) is 1. The Hall–Kier alpha value is -3.36. The summed E-state index contributed by atoms with van der Waals surface area (Å²) in [4.78, 5) is 28.5. The number of halogens is 1. The Balaban J connectivity index is 2.07. The van der Waals surface area contributed by atoms with Gasteiger partial charge in [0.1, 0.15) is 12.6 Å². The zero-order chi connectivity index (χ0) is 27.2. The van der Waals surface area contributed by atoms with E-state index in [2.05, 4.69) is 5.32 Å². The Bertz CT molecular complexity index is 1360. The van der Waals surface area contributed by atoms with Gasteiger partial charge in [0.25, 0.3) is 0 Å². The minimum absolute atomic E-state index is 0.0355. The molecule has 0 saturated carbocycles. The molecule has 0 aromatic heterocycles. The van der Waals surface area contributed by atoms with Crippen molar-refractivity contribution in [1.29, 1.82) is 0 Å². The third-order valence-electron chi connectivity index (χ3n) is 6.34. The van der Waals surface area contributed by atoms with Crippen LogP contribution in [0.1, 0.15) is 22.3 Å². The van der Waals surface area contributed by atoms with E-state index in [1.54, 1.807) is 36.4 Å².